The number of nitro groups is 1. The van der Waals surface area contributed by atoms with E-state index >= 15 is 0 Å². The number of ether oxygens (including phenoxy) is 1. The van der Waals surface area contributed by atoms with Crippen molar-refractivity contribution in [2.75, 3.05) is 5.32 Å². The van der Waals surface area contributed by atoms with Crippen molar-refractivity contribution >= 4 is 17.3 Å². The van der Waals surface area contributed by atoms with Crippen LogP contribution in [0.4, 0.5) is 15.8 Å². The Balaban J connectivity index is 2.04. The third-order valence-electron chi connectivity index (χ3n) is 3.77. The van der Waals surface area contributed by atoms with Crippen molar-refractivity contribution in [1.29, 1.82) is 0 Å². The van der Waals surface area contributed by atoms with Crippen LogP contribution in [0.2, 0.25) is 0 Å². The first kappa shape index (κ1) is 18.1. The number of nitrogens with zero attached hydrogens (tertiary/aromatic N) is 1. The van der Waals surface area contributed by atoms with Gasteiger partial charge in [0, 0.05) is 12.5 Å². The van der Waals surface area contributed by atoms with E-state index in [1.54, 1.807) is 12.1 Å². The molecular formula is C20H15FN2O4. The molecule has 0 atom stereocenters. The van der Waals surface area contributed by atoms with E-state index in [1.165, 1.54) is 19.1 Å². The van der Waals surface area contributed by atoms with Gasteiger partial charge in [-0.2, -0.15) is 4.39 Å². The van der Waals surface area contributed by atoms with Gasteiger partial charge in [0.15, 0.2) is 5.75 Å². The Hall–Kier alpha value is -3.74. The fraction of sp³-hybridized carbons (Fsp3) is 0.0500. The summed E-state index contributed by atoms with van der Waals surface area (Å²) in [6.45, 7) is 1.18. The maximum absolute atomic E-state index is 14.7. The molecule has 1 N–H and O–H groups in total. The van der Waals surface area contributed by atoms with Crippen LogP contribution < -0.4 is 10.1 Å². The summed E-state index contributed by atoms with van der Waals surface area (Å²) in [6, 6.07) is 18.8. The van der Waals surface area contributed by atoms with E-state index < -0.39 is 22.3 Å². The Morgan fingerprint density at radius 1 is 1.00 bits per heavy atom. The number of benzene rings is 3. The molecule has 1 amide bonds. The highest BCUT2D eigenvalue weighted by Crippen LogP contribution is 2.38. The monoisotopic (exact) mass is 366 g/mol. The van der Waals surface area contributed by atoms with Crippen molar-refractivity contribution in [3.8, 4) is 22.6 Å². The summed E-state index contributed by atoms with van der Waals surface area (Å²) in [5.41, 5.74) is 0.498. The van der Waals surface area contributed by atoms with Crippen LogP contribution in [-0.2, 0) is 4.79 Å². The third kappa shape index (κ3) is 3.92. The van der Waals surface area contributed by atoms with Crippen molar-refractivity contribution in [2.45, 2.75) is 6.92 Å². The lowest BCUT2D eigenvalue weighted by Crippen LogP contribution is -2.09. The molecule has 3 aromatic carbocycles. The van der Waals surface area contributed by atoms with E-state index in [4.69, 9.17) is 4.74 Å². The van der Waals surface area contributed by atoms with Gasteiger partial charge in [-0.3, -0.25) is 14.9 Å². The van der Waals surface area contributed by atoms with Crippen LogP contribution in [0.3, 0.4) is 0 Å². The average molecular weight is 366 g/mol. The number of nitro benzene ring substituents is 1. The minimum absolute atomic E-state index is 0.228. The molecule has 3 aromatic rings. The first-order valence-corrected chi connectivity index (χ1v) is 8.04. The van der Waals surface area contributed by atoms with Crippen LogP contribution in [0.25, 0.3) is 11.1 Å². The normalized spacial score (nSPS) is 10.3. The highest BCUT2D eigenvalue weighted by Gasteiger charge is 2.26. The second-order valence-corrected chi connectivity index (χ2v) is 5.68. The zero-order valence-corrected chi connectivity index (χ0v) is 14.3. The minimum Gasteiger partial charge on any atom is -0.453 e. The molecule has 0 aromatic heterocycles. The number of anilines is 1. The summed E-state index contributed by atoms with van der Waals surface area (Å²) in [5, 5.41) is 13.5. The minimum atomic E-state index is -1.16. The van der Waals surface area contributed by atoms with Gasteiger partial charge in [-0.15, -0.1) is 0 Å². The molecule has 0 saturated carbocycles. The first-order valence-electron chi connectivity index (χ1n) is 8.04. The van der Waals surface area contributed by atoms with Crippen molar-refractivity contribution in [3.63, 3.8) is 0 Å². The van der Waals surface area contributed by atoms with Gasteiger partial charge in [-0.1, -0.05) is 48.5 Å². The summed E-state index contributed by atoms with van der Waals surface area (Å²) >= 11 is 0. The smallest absolute Gasteiger partial charge is 0.331 e. The standard InChI is InChI=1S/C20H15FN2O4/c1-13(24)22-16-11-12-18(19(21)20(16)23(25)26)27-17-10-6-5-9-15(17)14-7-3-2-4-8-14/h2-12H,1H3,(H,22,24). The number of hydrogen-bond acceptors (Lipinski definition) is 4. The van der Waals surface area contributed by atoms with Crippen LogP contribution >= 0.6 is 0 Å². The highest BCUT2D eigenvalue weighted by molar-refractivity contribution is 5.91. The molecule has 7 heteroatoms. The number of amides is 1. The molecule has 3 rings (SSSR count). The highest BCUT2D eigenvalue weighted by atomic mass is 19.1. The maximum Gasteiger partial charge on any atom is 0.331 e. The van der Waals surface area contributed by atoms with Crippen molar-refractivity contribution in [1.82, 2.24) is 0 Å². The van der Waals surface area contributed by atoms with Crippen LogP contribution in [0.5, 0.6) is 11.5 Å². The van der Waals surface area contributed by atoms with Gasteiger partial charge >= 0.3 is 5.69 Å². The summed E-state index contributed by atoms with van der Waals surface area (Å²) < 4.78 is 20.4. The Kier molecular flexibility index (Phi) is 5.12. The molecule has 0 aliphatic rings. The Morgan fingerprint density at radius 3 is 2.33 bits per heavy atom. The van der Waals surface area contributed by atoms with Crippen LogP contribution in [0.15, 0.2) is 66.7 Å². The van der Waals surface area contributed by atoms with Crippen molar-refractivity contribution in [2.24, 2.45) is 0 Å². The molecule has 0 radical (unpaired) electrons. The fourth-order valence-electron chi connectivity index (χ4n) is 2.62. The Bertz CT molecular complexity index is 1010. The molecule has 0 fully saturated rings. The molecule has 0 heterocycles. The largest absolute Gasteiger partial charge is 0.453 e. The number of halogens is 1. The summed E-state index contributed by atoms with van der Waals surface area (Å²) in [5.74, 6) is -1.65. The second-order valence-electron chi connectivity index (χ2n) is 5.68. The van der Waals surface area contributed by atoms with Crippen LogP contribution in [0, 0.1) is 15.9 Å². The number of nitrogens with one attached hydrogen (secondary N) is 1. The number of hydrogen-bond donors (Lipinski definition) is 1. The molecule has 0 bridgehead atoms. The van der Waals surface area contributed by atoms with E-state index in [0.29, 0.717) is 11.3 Å². The average Bonchev–Trinajstić information content (AvgIpc) is 2.64. The number of carbonyl (C=O) groups excluding carboxylic acids is 1. The van der Waals surface area contributed by atoms with Gasteiger partial charge in [-0.05, 0) is 23.8 Å². The molecule has 0 aliphatic carbocycles. The summed E-state index contributed by atoms with van der Waals surface area (Å²) in [4.78, 5) is 21.6. The van der Waals surface area contributed by atoms with Crippen molar-refractivity contribution < 1.29 is 18.8 Å². The van der Waals surface area contributed by atoms with Gasteiger partial charge in [-0.25, -0.2) is 0 Å². The van der Waals surface area contributed by atoms with Crippen LogP contribution in [-0.4, -0.2) is 10.8 Å². The number of carbonyl (C=O) groups is 1. The molecule has 27 heavy (non-hydrogen) atoms. The van der Waals surface area contributed by atoms with Gasteiger partial charge in [0.05, 0.1) is 4.92 Å². The molecular weight excluding hydrogens is 351 g/mol. The second kappa shape index (κ2) is 7.65. The zero-order chi connectivity index (χ0) is 19.4. The van der Waals surface area contributed by atoms with Crippen molar-refractivity contribution in [3.05, 3.63) is 82.7 Å². The topological polar surface area (TPSA) is 81.5 Å². The molecule has 6 nitrogen and oxygen atoms in total. The molecule has 0 saturated heterocycles. The Morgan fingerprint density at radius 2 is 1.67 bits per heavy atom. The predicted molar refractivity (Wildman–Crippen MR) is 99.3 cm³/mol. The van der Waals surface area contributed by atoms with Gasteiger partial charge in [0.25, 0.3) is 0 Å². The number of rotatable bonds is 5. The lowest BCUT2D eigenvalue weighted by atomic mass is 10.0. The SMILES string of the molecule is CC(=O)Nc1ccc(Oc2ccccc2-c2ccccc2)c(F)c1[N+](=O)[O-]. The number of para-hydroxylation sites is 1. The third-order valence-corrected chi connectivity index (χ3v) is 3.77. The van der Waals surface area contributed by atoms with Gasteiger partial charge in [0.2, 0.25) is 11.7 Å². The van der Waals surface area contributed by atoms with E-state index in [0.717, 1.165) is 5.56 Å². The van der Waals surface area contributed by atoms with Crippen LogP contribution in [0.1, 0.15) is 6.92 Å². The fourth-order valence-corrected chi connectivity index (χ4v) is 2.62. The van der Waals surface area contributed by atoms with E-state index in [2.05, 4.69) is 5.32 Å². The van der Waals surface area contributed by atoms with Gasteiger partial charge in [0.1, 0.15) is 11.4 Å². The maximum atomic E-state index is 14.7. The summed E-state index contributed by atoms with van der Waals surface area (Å²) in [7, 11) is 0. The van der Waals surface area contributed by atoms with E-state index in [-0.39, 0.29) is 11.4 Å². The lowest BCUT2D eigenvalue weighted by molar-refractivity contribution is -0.386. The molecule has 0 spiro atoms. The van der Waals surface area contributed by atoms with E-state index in [9.17, 15) is 19.3 Å². The zero-order valence-electron chi connectivity index (χ0n) is 14.3. The molecule has 136 valence electrons. The predicted octanol–water partition coefficient (Wildman–Crippen LogP) is 5.15. The van der Waals surface area contributed by atoms with Gasteiger partial charge < -0.3 is 10.1 Å². The molecule has 0 aliphatic heterocycles. The quantitative estimate of drug-likeness (QED) is 0.500. The van der Waals surface area contributed by atoms with E-state index in [1.807, 2.05) is 42.5 Å². The summed E-state index contributed by atoms with van der Waals surface area (Å²) in [6.07, 6.45) is 0. The Labute approximate surface area is 154 Å². The molecule has 0 unspecified atom stereocenters. The lowest BCUT2D eigenvalue weighted by Gasteiger charge is -2.13. The first-order chi connectivity index (χ1) is 13.0.